The van der Waals surface area contributed by atoms with Gasteiger partial charge >= 0.3 is 0 Å². The van der Waals surface area contributed by atoms with E-state index in [2.05, 4.69) is 6.92 Å². The minimum atomic E-state index is -3.52. The molecule has 0 spiro atoms. The molecule has 0 radical (unpaired) electrons. The lowest BCUT2D eigenvalue weighted by Crippen LogP contribution is -2.57. The van der Waals surface area contributed by atoms with Crippen LogP contribution in [0.1, 0.15) is 46.0 Å². The van der Waals surface area contributed by atoms with Crippen LogP contribution < -0.4 is 0 Å². The molecule has 0 aliphatic heterocycles. The highest BCUT2D eigenvalue weighted by Crippen LogP contribution is 2.58. The molecule has 2 aliphatic rings. The van der Waals surface area contributed by atoms with Crippen molar-refractivity contribution in [2.45, 2.75) is 58.2 Å². The van der Waals surface area contributed by atoms with Crippen LogP contribution in [0.5, 0.6) is 0 Å². The van der Waals surface area contributed by atoms with Crippen molar-refractivity contribution in [1.29, 1.82) is 0 Å². The highest BCUT2D eigenvalue weighted by atomic mass is 32.2. The minimum absolute atomic E-state index is 0.0922. The minimum Gasteiger partial charge on any atom is -0.396 e. The van der Waals surface area contributed by atoms with Gasteiger partial charge in [0, 0.05) is 12.0 Å². The second-order valence-electron chi connectivity index (χ2n) is 7.13. The van der Waals surface area contributed by atoms with Crippen LogP contribution in [0.25, 0.3) is 0 Å². The summed E-state index contributed by atoms with van der Waals surface area (Å²) in [4.78, 5) is 0. The van der Waals surface area contributed by atoms with E-state index < -0.39 is 27.7 Å². The van der Waals surface area contributed by atoms with Crippen molar-refractivity contribution < 1.29 is 22.8 Å². The van der Waals surface area contributed by atoms with Gasteiger partial charge in [-0.05, 0) is 43.4 Å². The molecule has 2 fully saturated rings. The zero-order chi connectivity index (χ0) is 15.2. The topological polar surface area (TPSA) is 83.8 Å². The van der Waals surface area contributed by atoms with Gasteiger partial charge in [-0.15, -0.1) is 0 Å². The summed E-state index contributed by atoms with van der Waals surface area (Å²) in [5, 5.41) is 19.8. The fourth-order valence-electron chi connectivity index (χ4n) is 4.46. The van der Waals surface area contributed by atoms with Crippen molar-refractivity contribution in [1.82, 2.24) is 0 Å². The summed E-state index contributed by atoms with van der Waals surface area (Å²) in [6.45, 7) is 4.15. The largest absolute Gasteiger partial charge is 0.396 e. The zero-order valence-corrected chi connectivity index (χ0v) is 13.3. The van der Waals surface area contributed by atoms with Crippen LogP contribution in [0.15, 0.2) is 0 Å². The van der Waals surface area contributed by atoms with Gasteiger partial charge in [0.1, 0.15) is 0 Å². The molecule has 2 saturated carbocycles. The second-order valence-corrected chi connectivity index (χ2v) is 8.73. The van der Waals surface area contributed by atoms with Crippen molar-refractivity contribution in [3.63, 3.8) is 0 Å². The summed E-state index contributed by atoms with van der Waals surface area (Å²) >= 11 is 0. The maximum atomic E-state index is 11.5. The Bertz CT molecular complexity index is 462. The molecular formula is C14H26O5S. The Morgan fingerprint density at radius 2 is 1.90 bits per heavy atom. The van der Waals surface area contributed by atoms with E-state index in [0.717, 1.165) is 19.1 Å². The fourth-order valence-corrected chi connectivity index (χ4v) is 5.20. The number of aliphatic hydroxyl groups excluding tert-OH is 2. The Morgan fingerprint density at radius 3 is 2.45 bits per heavy atom. The Balaban J connectivity index is 2.34. The smallest absolute Gasteiger partial charge is 0.264 e. The summed E-state index contributed by atoms with van der Waals surface area (Å²) in [5.74, 6) is 0.170. The van der Waals surface area contributed by atoms with Crippen LogP contribution in [0.3, 0.4) is 0 Å². The number of rotatable bonds is 3. The highest BCUT2D eigenvalue weighted by Gasteiger charge is 2.56. The van der Waals surface area contributed by atoms with E-state index in [-0.39, 0.29) is 17.9 Å². The predicted octanol–water partition coefficient (Wildman–Crippen LogP) is 1.29. The first-order chi connectivity index (χ1) is 9.11. The number of aliphatic hydroxyl groups is 2. The Morgan fingerprint density at radius 1 is 1.25 bits per heavy atom. The lowest BCUT2D eigenvalue weighted by Gasteiger charge is -2.57. The summed E-state index contributed by atoms with van der Waals surface area (Å²) < 4.78 is 28.3. The average molecular weight is 306 g/mol. The lowest BCUT2D eigenvalue weighted by molar-refractivity contribution is -0.149. The molecule has 0 aromatic carbocycles. The molecule has 118 valence electrons. The Hall–Kier alpha value is -0.170. The molecular weight excluding hydrogens is 280 g/mol. The summed E-state index contributed by atoms with van der Waals surface area (Å²) in [7, 11) is -3.52. The van der Waals surface area contributed by atoms with Gasteiger partial charge in [0.25, 0.3) is 10.1 Å². The maximum absolute atomic E-state index is 11.5. The maximum Gasteiger partial charge on any atom is 0.264 e. The van der Waals surface area contributed by atoms with Crippen molar-refractivity contribution in [3.8, 4) is 0 Å². The molecule has 0 bridgehead atoms. The predicted molar refractivity (Wildman–Crippen MR) is 75.6 cm³/mol. The van der Waals surface area contributed by atoms with Crippen LogP contribution >= 0.6 is 0 Å². The summed E-state index contributed by atoms with van der Waals surface area (Å²) in [6, 6.07) is 0. The SMILES string of the molecule is CC1(CO)CCC(OS(C)(=O)=O)C2(C)CC(O)CCC12. The number of fused-ring (bicyclic) bond motifs is 1. The van der Waals surface area contributed by atoms with E-state index in [0.29, 0.717) is 19.3 Å². The van der Waals surface area contributed by atoms with E-state index >= 15 is 0 Å². The zero-order valence-electron chi connectivity index (χ0n) is 12.5. The van der Waals surface area contributed by atoms with E-state index in [4.69, 9.17) is 4.18 Å². The van der Waals surface area contributed by atoms with Crippen molar-refractivity contribution in [3.05, 3.63) is 0 Å². The van der Waals surface area contributed by atoms with E-state index in [1.54, 1.807) is 0 Å². The van der Waals surface area contributed by atoms with Gasteiger partial charge in [-0.2, -0.15) is 8.42 Å². The second kappa shape index (κ2) is 5.23. The van der Waals surface area contributed by atoms with E-state index in [1.165, 1.54) is 0 Å². The first kappa shape index (κ1) is 16.2. The van der Waals surface area contributed by atoms with Crippen LogP contribution in [0.4, 0.5) is 0 Å². The molecule has 6 heteroatoms. The molecule has 0 amide bonds. The summed E-state index contributed by atoms with van der Waals surface area (Å²) in [5.41, 5.74) is -0.622. The van der Waals surface area contributed by atoms with Gasteiger partial charge in [-0.1, -0.05) is 13.8 Å². The van der Waals surface area contributed by atoms with Crippen LogP contribution in [0.2, 0.25) is 0 Å². The quantitative estimate of drug-likeness (QED) is 0.768. The van der Waals surface area contributed by atoms with Crippen LogP contribution in [0, 0.1) is 16.7 Å². The first-order valence-corrected chi connectivity index (χ1v) is 9.09. The Kier molecular flexibility index (Phi) is 4.24. The number of hydrogen-bond donors (Lipinski definition) is 2. The monoisotopic (exact) mass is 306 g/mol. The average Bonchev–Trinajstić information content (AvgIpc) is 2.31. The third-order valence-corrected chi connectivity index (χ3v) is 6.05. The van der Waals surface area contributed by atoms with Gasteiger partial charge in [0.05, 0.1) is 18.5 Å². The molecule has 2 aliphatic carbocycles. The van der Waals surface area contributed by atoms with Gasteiger partial charge in [0.15, 0.2) is 0 Å². The van der Waals surface area contributed by atoms with Crippen LogP contribution in [-0.4, -0.2) is 43.7 Å². The number of hydrogen-bond acceptors (Lipinski definition) is 5. The molecule has 0 aromatic heterocycles. The lowest BCUT2D eigenvalue weighted by atomic mass is 9.50. The normalized spacial score (nSPS) is 46.0. The third-order valence-electron chi connectivity index (χ3n) is 5.47. The van der Waals surface area contributed by atoms with Crippen molar-refractivity contribution in [2.24, 2.45) is 16.7 Å². The molecule has 20 heavy (non-hydrogen) atoms. The van der Waals surface area contributed by atoms with Gasteiger partial charge < -0.3 is 10.2 Å². The third kappa shape index (κ3) is 2.89. The van der Waals surface area contributed by atoms with Gasteiger partial charge in [-0.25, -0.2) is 0 Å². The standard InChI is InChI=1S/C14H26O5S/c1-13(9-15)7-6-12(19-20(3,17)18)14(2)8-10(16)4-5-11(13)14/h10-12,15-16H,4-9H2,1-3H3. The molecule has 2 N–H and O–H groups in total. The molecule has 2 rings (SSSR count). The Labute approximate surface area is 121 Å². The van der Waals surface area contributed by atoms with E-state index in [9.17, 15) is 18.6 Å². The molecule has 0 heterocycles. The first-order valence-electron chi connectivity index (χ1n) is 7.28. The highest BCUT2D eigenvalue weighted by molar-refractivity contribution is 7.86. The molecule has 5 unspecified atom stereocenters. The van der Waals surface area contributed by atoms with Gasteiger partial charge in [-0.3, -0.25) is 4.18 Å². The summed E-state index contributed by atoms with van der Waals surface area (Å²) in [6.07, 6.45) is 3.65. The van der Waals surface area contributed by atoms with Crippen molar-refractivity contribution >= 4 is 10.1 Å². The molecule has 0 aromatic rings. The van der Waals surface area contributed by atoms with Gasteiger partial charge in [0.2, 0.25) is 0 Å². The van der Waals surface area contributed by atoms with Crippen molar-refractivity contribution in [2.75, 3.05) is 12.9 Å². The fraction of sp³-hybridized carbons (Fsp3) is 1.00. The molecule has 0 saturated heterocycles. The van der Waals surface area contributed by atoms with Crippen LogP contribution in [-0.2, 0) is 14.3 Å². The molecule has 5 nitrogen and oxygen atoms in total. The van der Waals surface area contributed by atoms with E-state index in [1.807, 2.05) is 6.92 Å². The molecule has 5 atom stereocenters.